The van der Waals surface area contributed by atoms with Gasteiger partial charge in [-0.05, 0) is 25.1 Å². The molecule has 3 rings (SSSR count). The Hall–Kier alpha value is -3.05. The molecular weight excluding hydrogens is 459 g/mol. The first kappa shape index (κ1) is 22.6. The second kappa shape index (κ2) is 8.98. The summed E-state index contributed by atoms with van der Waals surface area (Å²) in [5, 5.41) is 6.41. The lowest BCUT2D eigenvalue weighted by molar-refractivity contribution is -0.141. The molecule has 3 aromatic rings. The number of esters is 1. The van der Waals surface area contributed by atoms with Crippen molar-refractivity contribution in [3.05, 3.63) is 57.6 Å². The van der Waals surface area contributed by atoms with Gasteiger partial charge in [-0.2, -0.15) is 23.0 Å². The molecule has 0 aliphatic heterocycles. The summed E-state index contributed by atoms with van der Waals surface area (Å²) in [7, 11) is 1.21. The molecule has 0 spiro atoms. The third-order valence-corrected chi connectivity index (χ3v) is 5.20. The van der Waals surface area contributed by atoms with Gasteiger partial charge in [0, 0.05) is 10.9 Å². The van der Waals surface area contributed by atoms with Crippen LogP contribution in [0.4, 0.5) is 18.2 Å². The molecule has 0 aliphatic carbocycles. The predicted octanol–water partition coefficient (Wildman–Crippen LogP) is 4.72. The van der Waals surface area contributed by atoms with Gasteiger partial charge >= 0.3 is 12.1 Å². The molecule has 2 aromatic heterocycles. The van der Waals surface area contributed by atoms with Gasteiger partial charge < -0.3 is 14.8 Å². The molecule has 7 nitrogen and oxygen atoms in total. The van der Waals surface area contributed by atoms with Gasteiger partial charge in [0.1, 0.15) is 5.00 Å². The number of anilines is 1. The summed E-state index contributed by atoms with van der Waals surface area (Å²) in [5.41, 5.74) is -0.888. The summed E-state index contributed by atoms with van der Waals surface area (Å²) in [4.78, 5) is 24.9. The van der Waals surface area contributed by atoms with Crippen molar-refractivity contribution in [2.45, 2.75) is 13.1 Å². The molecule has 0 atom stereocenters. The van der Waals surface area contributed by atoms with Crippen LogP contribution in [0.15, 0.2) is 36.4 Å². The highest BCUT2D eigenvalue weighted by Crippen LogP contribution is 2.34. The molecule has 12 heteroatoms. The SMILES string of the molecule is COC(=O)c1cc(C)sc1NC(=O)COc1cc(C(F)(F)F)nn1-c1ccccc1Cl. The Morgan fingerprint density at radius 3 is 2.61 bits per heavy atom. The fourth-order valence-corrected chi connectivity index (χ4v) is 3.70. The summed E-state index contributed by atoms with van der Waals surface area (Å²) in [6.07, 6.45) is -4.73. The number of thiophene rings is 1. The lowest BCUT2D eigenvalue weighted by Gasteiger charge is -2.10. The van der Waals surface area contributed by atoms with Crippen LogP contribution in [0.2, 0.25) is 5.02 Å². The number of para-hydroxylation sites is 1. The van der Waals surface area contributed by atoms with Crippen molar-refractivity contribution in [1.82, 2.24) is 9.78 Å². The van der Waals surface area contributed by atoms with Crippen molar-refractivity contribution >= 4 is 39.8 Å². The Labute approximate surface area is 183 Å². The first-order valence-corrected chi connectivity index (χ1v) is 9.83. The highest BCUT2D eigenvalue weighted by atomic mass is 35.5. The van der Waals surface area contributed by atoms with Crippen LogP contribution in [0.1, 0.15) is 20.9 Å². The molecule has 2 heterocycles. The fourth-order valence-electron chi connectivity index (χ4n) is 2.57. The first-order valence-electron chi connectivity index (χ1n) is 8.63. The topological polar surface area (TPSA) is 82.4 Å². The number of aromatic nitrogens is 2. The van der Waals surface area contributed by atoms with Gasteiger partial charge in [-0.25, -0.2) is 4.79 Å². The maximum atomic E-state index is 13.2. The Balaban J connectivity index is 1.82. The number of benzene rings is 1. The van der Waals surface area contributed by atoms with Crippen LogP contribution in [0.5, 0.6) is 5.88 Å². The molecule has 1 aromatic carbocycles. The van der Waals surface area contributed by atoms with E-state index in [1.165, 1.54) is 19.2 Å². The van der Waals surface area contributed by atoms with Crippen LogP contribution >= 0.6 is 22.9 Å². The molecular formula is C19H15ClF3N3O4S. The average Bonchev–Trinajstić information content (AvgIpc) is 3.29. The average molecular weight is 474 g/mol. The monoisotopic (exact) mass is 473 g/mol. The molecule has 164 valence electrons. The Morgan fingerprint density at radius 1 is 1.26 bits per heavy atom. The van der Waals surface area contributed by atoms with Crippen LogP contribution in [0, 0.1) is 6.92 Å². The van der Waals surface area contributed by atoms with E-state index in [-0.39, 0.29) is 27.2 Å². The molecule has 0 aliphatic rings. The molecule has 0 saturated carbocycles. The minimum absolute atomic E-state index is 0.144. The quantitative estimate of drug-likeness (QED) is 0.524. The Kier molecular flexibility index (Phi) is 6.56. The molecule has 0 radical (unpaired) electrons. The van der Waals surface area contributed by atoms with Gasteiger partial charge in [-0.1, -0.05) is 23.7 Å². The van der Waals surface area contributed by atoms with Crippen LogP contribution in [-0.2, 0) is 15.7 Å². The molecule has 0 bridgehead atoms. The van der Waals surface area contributed by atoms with E-state index in [2.05, 4.69) is 15.2 Å². The lowest BCUT2D eigenvalue weighted by atomic mass is 10.3. The number of ether oxygens (including phenoxy) is 2. The van der Waals surface area contributed by atoms with E-state index >= 15 is 0 Å². The van der Waals surface area contributed by atoms with E-state index in [0.29, 0.717) is 6.07 Å². The normalized spacial score (nSPS) is 11.3. The van der Waals surface area contributed by atoms with Crippen molar-refractivity contribution in [3.63, 3.8) is 0 Å². The number of amides is 1. The van der Waals surface area contributed by atoms with Crippen LogP contribution in [0.25, 0.3) is 5.69 Å². The number of rotatable bonds is 6. The van der Waals surface area contributed by atoms with Crippen LogP contribution in [0.3, 0.4) is 0 Å². The second-order valence-corrected chi connectivity index (χ2v) is 7.82. The standard InChI is InChI=1S/C19H15ClF3N3O4S/c1-10-7-11(18(28)29-2)17(31-10)24-15(27)9-30-16-8-14(19(21,22)23)25-26(16)13-6-4-3-5-12(13)20/h3-8H,9H2,1-2H3,(H,24,27). The van der Waals surface area contributed by atoms with Crippen molar-refractivity contribution in [3.8, 4) is 11.6 Å². The van der Waals surface area contributed by atoms with Crippen molar-refractivity contribution < 1.29 is 32.2 Å². The molecule has 31 heavy (non-hydrogen) atoms. The van der Waals surface area contributed by atoms with Gasteiger partial charge in [-0.3, -0.25) is 4.79 Å². The van der Waals surface area contributed by atoms with E-state index in [1.54, 1.807) is 25.1 Å². The molecule has 1 N–H and O–H groups in total. The third-order valence-electron chi connectivity index (χ3n) is 3.91. The zero-order valence-electron chi connectivity index (χ0n) is 16.1. The van der Waals surface area contributed by atoms with E-state index in [9.17, 15) is 22.8 Å². The predicted molar refractivity (Wildman–Crippen MR) is 108 cm³/mol. The number of aryl methyl sites for hydroxylation is 1. The summed E-state index contributed by atoms with van der Waals surface area (Å²) in [5.74, 6) is -1.65. The van der Waals surface area contributed by atoms with Crippen molar-refractivity contribution in [2.24, 2.45) is 0 Å². The first-order chi connectivity index (χ1) is 14.6. The maximum Gasteiger partial charge on any atom is 0.435 e. The van der Waals surface area contributed by atoms with Crippen LogP contribution in [-0.4, -0.2) is 35.4 Å². The minimum atomic E-state index is -4.73. The number of halogens is 4. The number of nitrogens with zero attached hydrogens (tertiary/aromatic N) is 2. The number of methoxy groups -OCH3 is 1. The zero-order chi connectivity index (χ0) is 22.8. The van der Waals surface area contributed by atoms with E-state index in [0.717, 1.165) is 20.9 Å². The third kappa shape index (κ3) is 5.17. The summed E-state index contributed by atoms with van der Waals surface area (Å²) in [6.45, 7) is 1.11. The van der Waals surface area contributed by atoms with Crippen LogP contribution < -0.4 is 10.1 Å². The molecule has 0 saturated heterocycles. The highest BCUT2D eigenvalue weighted by Gasteiger charge is 2.36. The van der Waals surface area contributed by atoms with Gasteiger partial charge in [0.2, 0.25) is 5.88 Å². The Morgan fingerprint density at radius 2 is 1.97 bits per heavy atom. The van der Waals surface area contributed by atoms with Gasteiger partial charge in [-0.15, -0.1) is 11.3 Å². The summed E-state index contributed by atoms with van der Waals surface area (Å²) in [6, 6.07) is 8.34. The molecule has 0 fully saturated rings. The maximum absolute atomic E-state index is 13.2. The number of nitrogens with one attached hydrogen (secondary N) is 1. The van der Waals surface area contributed by atoms with E-state index in [4.69, 9.17) is 16.3 Å². The fraction of sp³-hybridized carbons (Fsp3) is 0.211. The van der Waals surface area contributed by atoms with Crippen molar-refractivity contribution in [2.75, 3.05) is 19.0 Å². The van der Waals surface area contributed by atoms with E-state index < -0.39 is 30.4 Å². The Bertz CT molecular complexity index is 1130. The largest absolute Gasteiger partial charge is 0.467 e. The number of hydrogen-bond acceptors (Lipinski definition) is 6. The number of carbonyl (C=O) groups excluding carboxylic acids is 2. The number of hydrogen-bond donors (Lipinski definition) is 1. The summed E-state index contributed by atoms with van der Waals surface area (Å²) >= 11 is 7.21. The lowest BCUT2D eigenvalue weighted by Crippen LogP contribution is -2.21. The zero-order valence-corrected chi connectivity index (χ0v) is 17.7. The van der Waals surface area contributed by atoms with E-state index in [1.807, 2.05) is 0 Å². The number of alkyl halides is 3. The number of carbonyl (C=O) groups is 2. The molecule has 0 unspecified atom stereocenters. The summed E-state index contributed by atoms with van der Waals surface area (Å²) < 4.78 is 50.3. The van der Waals surface area contributed by atoms with Gasteiger partial charge in [0.15, 0.2) is 12.3 Å². The molecule has 1 amide bonds. The van der Waals surface area contributed by atoms with Gasteiger partial charge in [0.25, 0.3) is 5.91 Å². The minimum Gasteiger partial charge on any atom is -0.467 e. The second-order valence-electron chi connectivity index (χ2n) is 6.16. The van der Waals surface area contributed by atoms with Gasteiger partial charge in [0.05, 0.1) is 23.4 Å². The van der Waals surface area contributed by atoms with Crippen molar-refractivity contribution in [1.29, 1.82) is 0 Å². The smallest absolute Gasteiger partial charge is 0.435 e. The highest BCUT2D eigenvalue weighted by molar-refractivity contribution is 7.16.